The summed E-state index contributed by atoms with van der Waals surface area (Å²) < 4.78 is 0. The molecule has 0 unspecified atom stereocenters. The van der Waals surface area contributed by atoms with Crippen molar-refractivity contribution in [2.75, 3.05) is 7.05 Å². The molecule has 0 saturated heterocycles. The van der Waals surface area contributed by atoms with Gasteiger partial charge in [0.1, 0.15) is 0 Å². The molecule has 0 aromatic carbocycles. The zero-order chi connectivity index (χ0) is 13.9. The number of hydrogen-bond donors (Lipinski definition) is 1. The van der Waals surface area contributed by atoms with Crippen LogP contribution >= 0.6 is 0 Å². The molecule has 1 rings (SSSR count). The van der Waals surface area contributed by atoms with Crippen molar-refractivity contribution in [3.63, 3.8) is 0 Å². The monoisotopic (exact) mass is 250 g/mol. The Morgan fingerprint density at radius 1 is 1.44 bits per heavy atom. The standard InChI is InChI=1S/C13H18N2O3/c1-9-5-6-14-8-10(9)12(18)15(4)13(2,3)7-11(16)17/h5-6,8H,7H2,1-4H3,(H,16,17). The van der Waals surface area contributed by atoms with Gasteiger partial charge in [0.25, 0.3) is 5.91 Å². The molecule has 0 fully saturated rings. The summed E-state index contributed by atoms with van der Waals surface area (Å²) in [5, 5.41) is 8.85. The van der Waals surface area contributed by atoms with Crippen molar-refractivity contribution < 1.29 is 14.7 Å². The van der Waals surface area contributed by atoms with E-state index in [4.69, 9.17) is 5.11 Å². The van der Waals surface area contributed by atoms with Crippen LogP contribution in [-0.2, 0) is 4.79 Å². The second-order valence-corrected chi connectivity index (χ2v) is 4.94. The maximum atomic E-state index is 12.3. The minimum absolute atomic E-state index is 0.103. The van der Waals surface area contributed by atoms with Gasteiger partial charge in [-0.05, 0) is 32.4 Å². The molecule has 98 valence electrons. The molecular weight excluding hydrogens is 232 g/mol. The highest BCUT2D eigenvalue weighted by atomic mass is 16.4. The number of carboxylic acids is 1. The molecule has 5 heteroatoms. The Labute approximate surface area is 106 Å². The highest BCUT2D eigenvalue weighted by molar-refractivity contribution is 5.95. The van der Waals surface area contributed by atoms with Crippen LogP contribution in [0.15, 0.2) is 18.5 Å². The Bertz CT molecular complexity index is 469. The molecule has 0 atom stereocenters. The quantitative estimate of drug-likeness (QED) is 0.883. The molecule has 0 aliphatic rings. The third-order valence-electron chi connectivity index (χ3n) is 3.07. The second kappa shape index (κ2) is 5.16. The van der Waals surface area contributed by atoms with Crippen molar-refractivity contribution in [1.29, 1.82) is 0 Å². The first-order valence-corrected chi connectivity index (χ1v) is 5.66. The summed E-state index contributed by atoms with van der Waals surface area (Å²) in [6, 6.07) is 1.76. The number of amides is 1. The number of aryl methyl sites for hydroxylation is 1. The van der Waals surface area contributed by atoms with Crippen LogP contribution in [-0.4, -0.2) is 39.5 Å². The van der Waals surface area contributed by atoms with Crippen molar-refractivity contribution in [3.05, 3.63) is 29.6 Å². The molecule has 0 saturated carbocycles. The predicted octanol–water partition coefficient (Wildman–Crippen LogP) is 1.72. The van der Waals surface area contributed by atoms with Crippen molar-refractivity contribution >= 4 is 11.9 Å². The van der Waals surface area contributed by atoms with Crippen molar-refractivity contribution in [3.8, 4) is 0 Å². The van der Waals surface area contributed by atoms with E-state index in [9.17, 15) is 9.59 Å². The Balaban J connectivity index is 2.97. The second-order valence-electron chi connectivity index (χ2n) is 4.94. The molecule has 1 aromatic rings. The highest BCUT2D eigenvalue weighted by Crippen LogP contribution is 2.20. The fraction of sp³-hybridized carbons (Fsp3) is 0.462. The first kappa shape index (κ1) is 14.2. The Morgan fingerprint density at radius 3 is 2.56 bits per heavy atom. The van der Waals surface area contributed by atoms with E-state index in [0.717, 1.165) is 5.56 Å². The maximum Gasteiger partial charge on any atom is 0.305 e. The minimum Gasteiger partial charge on any atom is -0.481 e. The topological polar surface area (TPSA) is 70.5 Å². The third-order valence-corrected chi connectivity index (χ3v) is 3.07. The van der Waals surface area contributed by atoms with E-state index in [0.29, 0.717) is 5.56 Å². The van der Waals surface area contributed by atoms with E-state index in [2.05, 4.69) is 4.98 Å². The Morgan fingerprint density at radius 2 is 2.06 bits per heavy atom. The number of nitrogens with zero attached hydrogens (tertiary/aromatic N) is 2. The molecule has 1 aromatic heterocycles. The highest BCUT2D eigenvalue weighted by Gasteiger charge is 2.31. The molecule has 1 N–H and O–H groups in total. The van der Waals surface area contributed by atoms with Gasteiger partial charge in [-0.3, -0.25) is 14.6 Å². The van der Waals surface area contributed by atoms with E-state index >= 15 is 0 Å². The largest absolute Gasteiger partial charge is 0.481 e. The number of aromatic nitrogens is 1. The normalized spacial score (nSPS) is 11.1. The third kappa shape index (κ3) is 3.06. The summed E-state index contributed by atoms with van der Waals surface area (Å²) in [5.74, 6) is -1.14. The van der Waals surface area contributed by atoms with Crippen LogP contribution in [0.1, 0.15) is 36.2 Å². The number of carbonyl (C=O) groups is 2. The summed E-state index contributed by atoms with van der Waals surface area (Å²) in [5.41, 5.74) is 0.581. The van der Waals surface area contributed by atoms with Crippen molar-refractivity contribution in [2.24, 2.45) is 0 Å². The molecule has 18 heavy (non-hydrogen) atoms. The first-order valence-electron chi connectivity index (χ1n) is 5.66. The molecule has 0 aliphatic carbocycles. The molecule has 1 amide bonds. The zero-order valence-corrected chi connectivity index (χ0v) is 11.1. The number of rotatable bonds is 4. The van der Waals surface area contributed by atoms with Gasteiger partial charge in [-0.15, -0.1) is 0 Å². The molecule has 0 spiro atoms. The van der Waals surface area contributed by atoms with Crippen molar-refractivity contribution in [2.45, 2.75) is 32.7 Å². The first-order chi connectivity index (χ1) is 8.25. The summed E-state index contributed by atoms with van der Waals surface area (Å²) in [6.45, 7) is 5.28. The van der Waals surface area contributed by atoms with E-state index in [1.807, 2.05) is 6.92 Å². The van der Waals surface area contributed by atoms with Crippen LogP contribution < -0.4 is 0 Å². The Hall–Kier alpha value is -1.91. The van der Waals surface area contributed by atoms with Gasteiger partial charge in [0.05, 0.1) is 12.0 Å². The van der Waals surface area contributed by atoms with Crippen LogP contribution in [0.3, 0.4) is 0 Å². The smallest absolute Gasteiger partial charge is 0.305 e. The van der Waals surface area contributed by atoms with Crippen LogP contribution in [0.2, 0.25) is 0 Å². The molecular formula is C13H18N2O3. The lowest BCUT2D eigenvalue weighted by Crippen LogP contribution is -2.46. The van der Waals surface area contributed by atoms with Crippen LogP contribution in [0.5, 0.6) is 0 Å². The fourth-order valence-electron chi connectivity index (χ4n) is 1.63. The van der Waals surface area contributed by atoms with Crippen LogP contribution in [0.25, 0.3) is 0 Å². The average molecular weight is 250 g/mol. The number of carboxylic acid groups (broad SMARTS) is 1. The van der Waals surface area contributed by atoms with Crippen LogP contribution in [0, 0.1) is 6.92 Å². The SMILES string of the molecule is Cc1ccncc1C(=O)N(C)C(C)(C)CC(=O)O. The fourth-order valence-corrected chi connectivity index (χ4v) is 1.63. The number of pyridine rings is 1. The van der Waals surface area contributed by atoms with E-state index in [1.54, 1.807) is 33.2 Å². The number of carbonyl (C=O) groups excluding carboxylic acids is 1. The van der Waals surface area contributed by atoms with Gasteiger partial charge in [-0.2, -0.15) is 0 Å². The molecule has 0 radical (unpaired) electrons. The zero-order valence-electron chi connectivity index (χ0n) is 11.1. The Kier molecular flexibility index (Phi) is 4.06. The molecule has 1 heterocycles. The maximum absolute atomic E-state index is 12.3. The molecule has 0 aliphatic heterocycles. The lowest BCUT2D eigenvalue weighted by atomic mass is 9.97. The molecule has 0 bridgehead atoms. The van der Waals surface area contributed by atoms with E-state index < -0.39 is 11.5 Å². The van der Waals surface area contributed by atoms with Gasteiger partial charge < -0.3 is 10.0 Å². The average Bonchev–Trinajstić information content (AvgIpc) is 2.26. The lowest BCUT2D eigenvalue weighted by Gasteiger charge is -2.34. The minimum atomic E-state index is -0.928. The van der Waals surface area contributed by atoms with Gasteiger partial charge in [0.15, 0.2) is 0 Å². The van der Waals surface area contributed by atoms with Gasteiger partial charge in [-0.1, -0.05) is 0 Å². The summed E-state index contributed by atoms with van der Waals surface area (Å²) in [6.07, 6.45) is 3.02. The molecule has 5 nitrogen and oxygen atoms in total. The van der Waals surface area contributed by atoms with Crippen LogP contribution in [0.4, 0.5) is 0 Å². The van der Waals surface area contributed by atoms with E-state index in [1.165, 1.54) is 11.1 Å². The lowest BCUT2D eigenvalue weighted by molar-refractivity contribution is -0.139. The summed E-state index contributed by atoms with van der Waals surface area (Å²) >= 11 is 0. The summed E-state index contributed by atoms with van der Waals surface area (Å²) in [7, 11) is 1.61. The number of hydrogen-bond acceptors (Lipinski definition) is 3. The van der Waals surface area contributed by atoms with E-state index in [-0.39, 0.29) is 12.3 Å². The summed E-state index contributed by atoms with van der Waals surface area (Å²) in [4.78, 5) is 28.5. The predicted molar refractivity (Wildman–Crippen MR) is 67.4 cm³/mol. The number of aliphatic carboxylic acids is 1. The van der Waals surface area contributed by atoms with Gasteiger partial charge >= 0.3 is 5.97 Å². The van der Waals surface area contributed by atoms with Gasteiger partial charge in [-0.25, -0.2) is 0 Å². The van der Waals surface area contributed by atoms with Crippen molar-refractivity contribution in [1.82, 2.24) is 9.88 Å². The van der Waals surface area contributed by atoms with Gasteiger partial charge in [0, 0.05) is 25.0 Å². The van der Waals surface area contributed by atoms with Gasteiger partial charge in [0.2, 0.25) is 0 Å².